The Morgan fingerprint density at radius 2 is 2.25 bits per heavy atom. The number of rotatable bonds is 4. The number of alkyl halides is 1. The highest BCUT2D eigenvalue weighted by Crippen LogP contribution is 2.06. The summed E-state index contributed by atoms with van der Waals surface area (Å²) >= 11 is 5.68. The number of hydrogen-bond donors (Lipinski definition) is 1. The molecule has 2 atom stereocenters. The van der Waals surface area contributed by atoms with Gasteiger partial charge in [0.25, 0.3) is 5.91 Å². The maximum Gasteiger partial charge on any atom is 0.270 e. The van der Waals surface area contributed by atoms with Crippen LogP contribution in [0.25, 0.3) is 0 Å². The van der Waals surface area contributed by atoms with E-state index in [1.165, 1.54) is 12.1 Å². The van der Waals surface area contributed by atoms with Gasteiger partial charge in [-0.25, -0.2) is 9.37 Å². The molecule has 0 fully saturated rings. The van der Waals surface area contributed by atoms with Crippen molar-refractivity contribution in [2.75, 3.05) is 5.88 Å². The van der Waals surface area contributed by atoms with Gasteiger partial charge in [-0.15, -0.1) is 11.6 Å². The van der Waals surface area contributed by atoms with E-state index in [0.717, 1.165) is 6.20 Å². The standard InChI is InChI=1S/C11H14ClFN2O/c1-7(5-12)8(2)15-11(16)10-4-3-9(13)6-14-10/h3-4,6-8H,5H2,1-2H3,(H,15,16). The van der Waals surface area contributed by atoms with Gasteiger partial charge in [-0.2, -0.15) is 0 Å². The zero-order valence-electron chi connectivity index (χ0n) is 9.21. The molecule has 88 valence electrons. The highest BCUT2D eigenvalue weighted by Gasteiger charge is 2.15. The summed E-state index contributed by atoms with van der Waals surface area (Å²) < 4.78 is 12.6. The first-order chi connectivity index (χ1) is 7.54. The fraction of sp³-hybridized carbons (Fsp3) is 0.455. The molecule has 0 aliphatic rings. The lowest BCUT2D eigenvalue weighted by Gasteiger charge is -2.18. The zero-order chi connectivity index (χ0) is 12.1. The smallest absolute Gasteiger partial charge is 0.270 e. The lowest BCUT2D eigenvalue weighted by molar-refractivity contribution is 0.0926. The van der Waals surface area contributed by atoms with Crippen LogP contribution in [-0.2, 0) is 0 Å². The van der Waals surface area contributed by atoms with Crippen molar-refractivity contribution in [3.05, 3.63) is 29.8 Å². The van der Waals surface area contributed by atoms with E-state index in [-0.39, 0.29) is 23.6 Å². The molecular formula is C11H14ClFN2O. The van der Waals surface area contributed by atoms with Crippen molar-refractivity contribution in [2.24, 2.45) is 5.92 Å². The van der Waals surface area contributed by atoms with E-state index in [9.17, 15) is 9.18 Å². The van der Waals surface area contributed by atoms with Gasteiger partial charge >= 0.3 is 0 Å². The first kappa shape index (κ1) is 12.9. The van der Waals surface area contributed by atoms with Crippen LogP contribution in [0.2, 0.25) is 0 Å². The Kier molecular flexibility index (Phi) is 4.68. The predicted molar refractivity (Wildman–Crippen MR) is 61.0 cm³/mol. The lowest BCUT2D eigenvalue weighted by Crippen LogP contribution is -2.38. The van der Waals surface area contributed by atoms with Gasteiger partial charge in [0.15, 0.2) is 0 Å². The quantitative estimate of drug-likeness (QED) is 0.826. The monoisotopic (exact) mass is 244 g/mol. The number of aromatic nitrogens is 1. The molecule has 5 heteroatoms. The number of carbonyl (C=O) groups is 1. The second-order valence-corrected chi connectivity index (χ2v) is 4.06. The fourth-order valence-electron chi connectivity index (χ4n) is 1.07. The topological polar surface area (TPSA) is 42.0 Å². The normalized spacial score (nSPS) is 14.2. The molecule has 1 aromatic rings. The Balaban J connectivity index is 2.62. The molecule has 16 heavy (non-hydrogen) atoms. The van der Waals surface area contributed by atoms with E-state index in [2.05, 4.69) is 10.3 Å². The van der Waals surface area contributed by atoms with E-state index in [1.807, 2.05) is 13.8 Å². The molecule has 0 saturated heterocycles. The molecule has 1 rings (SSSR count). The minimum Gasteiger partial charge on any atom is -0.348 e. The summed E-state index contributed by atoms with van der Waals surface area (Å²) in [5.74, 6) is -0.132. The van der Waals surface area contributed by atoms with E-state index < -0.39 is 5.82 Å². The minimum atomic E-state index is -0.460. The number of nitrogens with zero attached hydrogens (tertiary/aromatic N) is 1. The van der Waals surface area contributed by atoms with Crippen molar-refractivity contribution in [1.29, 1.82) is 0 Å². The van der Waals surface area contributed by atoms with Crippen molar-refractivity contribution in [1.82, 2.24) is 10.3 Å². The maximum atomic E-state index is 12.6. The maximum absolute atomic E-state index is 12.6. The number of pyridine rings is 1. The van der Waals surface area contributed by atoms with Crippen LogP contribution in [0.5, 0.6) is 0 Å². The van der Waals surface area contributed by atoms with Gasteiger partial charge in [0.05, 0.1) is 6.20 Å². The first-order valence-electron chi connectivity index (χ1n) is 5.03. The Hall–Kier alpha value is -1.16. The average Bonchev–Trinajstić information content (AvgIpc) is 2.28. The molecule has 3 nitrogen and oxygen atoms in total. The lowest BCUT2D eigenvalue weighted by atomic mass is 10.1. The van der Waals surface area contributed by atoms with Crippen LogP contribution in [0.15, 0.2) is 18.3 Å². The molecule has 1 N–H and O–H groups in total. The van der Waals surface area contributed by atoms with E-state index in [0.29, 0.717) is 5.88 Å². The van der Waals surface area contributed by atoms with Crippen LogP contribution >= 0.6 is 11.6 Å². The summed E-state index contributed by atoms with van der Waals surface area (Å²) in [6.45, 7) is 3.81. The summed E-state index contributed by atoms with van der Waals surface area (Å²) in [6.07, 6.45) is 1.02. The van der Waals surface area contributed by atoms with Crippen molar-refractivity contribution in [2.45, 2.75) is 19.9 Å². The summed E-state index contributed by atoms with van der Waals surface area (Å²) in [5, 5.41) is 2.76. The molecule has 2 unspecified atom stereocenters. The van der Waals surface area contributed by atoms with Gasteiger partial charge < -0.3 is 5.32 Å². The van der Waals surface area contributed by atoms with Gasteiger partial charge in [-0.1, -0.05) is 6.92 Å². The second kappa shape index (κ2) is 5.80. The second-order valence-electron chi connectivity index (χ2n) is 3.76. The third-order valence-electron chi connectivity index (χ3n) is 2.42. The van der Waals surface area contributed by atoms with Crippen LogP contribution in [0.1, 0.15) is 24.3 Å². The Morgan fingerprint density at radius 3 is 2.75 bits per heavy atom. The molecule has 0 aromatic carbocycles. The van der Waals surface area contributed by atoms with Crippen molar-refractivity contribution >= 4 is 17.5 Å². The van der Waals surface area contributed by atoms with Gasteiger partial charge in [-0.3, -0.25) is 4.79 Å². The summed E-state index contributed by atoms with van der Waals surface area (Å²) in [4.78, 5) is 15.3. The number of carbonyl (C=O) groups excluding carboxylic acids is 1. The van der Waals surface area contributed by atoms with Crippen LogP contribution in [0.4, 0.5) is 4.39 Å². The average molecular weight is 245 g/mol. The van der Waals surface area contributed by atoms with Crippen molar-refractivity contribution < 1.29 is 9.18 Å². The van der Waals surface area contributed by atoms with E-state index >= 15 is 0 Å². The first-order valence-corrected chi connectivity index (χ1v) is 5.56. The number of amides is 1. The van der Waals surface area contributed by atoms with Gasteiger partial charge in [0, 0.05) is 11.9 Å². The Labute approximate surface area is 99.0 Å². The largest absolute Gasteiger partial charge is 0.348 e. The SMILES string of the molecule is CC(CCl)C(C)NC(=O)c1ccc(F)cn1. The van der Waals surface area contributed by atoms with E-state index in [1.54, 1.807) is 0 Å². The highest BCUT2D eigenvalue weighted by molar-refractivity contribution is 6.18. The fourth-order valence-corrected chi connectivity index (χ4v) is 1.33. The minimum absolute atomic E-state index is 0.0446. The number of hydrogen-bond acceptors (Lipinski definition) is 2. The summed E-state index contributed by atoms with van der Waals surface area (Å²) in [7, 11) is 0. The molecule has 0 radical (unpaired) electrons. The Morgan fingerprint density at radius 1 is 1.56 bits per heavy atom. The molecule has 1 aromatic heterocycles. The molecule has 0 aliphatic carbocycles. The summed E-state index contributed by atoms with van der Waals surface area (Å²) in [5.41, 5.74) is 0.204. The molecule has 0 aliphatic heterocycles. The third kappa shape index (κ3) is 3.45. The zero-order valence-corrected chi connectivity index (χ0v) is 9.96. The van der Waals surface area contributed by atoms with Crippen molar-refractivity contribution in [3.8, 4) is 0 Å². The van der Waals surface area contributed by atoms with Crippen LogP contribution in [0, 0.1) is 11.7 Å². The van der Waals surface area contributed by atoms with E-state index in [4.69, 9.17) is 11.6 Å². The molecule has 1 heterocycles. The Bertz CT molecular complexity index is 356. The van der Waals surface area contributed by atoms with Crippen LogP contribution in [0.3, 0.4) is 0 Å². The number of nitrogens with one attached hydrogen (secondary N) is 1. The molecule has 0 bridgehead atoms. The number of halogens is 2. The summed E-state index contributed by atoms with van der Waals surface area (Å²) in [6, 6.07) is 2.51. The predicted octanol–water partition coefficient (Wildman–Crippen LogP) is 2.21. The molecule has 1 amide bonds. The van der Waals surface area contributed by atoms with Crippen LogP contribution in [-0.4, -0.2) is 22.8 Å². The van der Waals surface area contributed by atoms with Gasteiger partial charge in [-0.05, 0) is 25.0 Å². The molecular weight excluding hydrogens is 231 g/mol. The van der Waals surface area contributed by atoms with Crippen molar-refractivity contribution in [3.63, 3.8) is 0 Å². The van der Waals surface area contributed by atoms with Crippen LogP contribution < -0.4 is 5.32 Å². The molecule has 0 spiro atoms. The van der Waals surface area contributed by atoms with Gasteiger partial charge in [0.2, 0.25) is 0 Å². The molecule has 0 saturated carbocycles. The highest BCUT2D eigenvalue weighted by atomic mass is 35.5. The third-order valence-corrected chi connectivity index (χ3v) is 2.90. The van der Waals surface area contributed by atoms with Gasteiger partial charge in [0.1, 0.15) is 11.5 Å².